The Bertz CT molecular complexity index is 866. The molecule has 1 aliphatic carbocycles. The second kappa shape index (κ2) is 9.87. The van der Waals surface area contributed by atoms with Crippen molar-refractivity contribution in [1.82, 2.24) is 10.6 Å². The van der Waals surface area contributed by atoms with Crippen molar-refractivity contribution < 1.29 is 19.1 Å². The zero-order chi connectivity index (χ0) is 20.6. The van der Waals surface area contributed by atoms with Gasteiger partial charge in [0.15, 0.2) is 6.61 Å². The van der Waals surface area contributed by atoms with Crippen LogP contribution in [0, 0.1) is 0 Å². The topological polar surface area (TPSA) is 84.5 Å². The van der Waals surface area contributed by atoms with E-state index in [4.69, 9.17) is 4.74 Å². The van der Waals surface area contributed by atoms with Crippen molar-refractivity contribution in [2.75, 3.05) is 6.61 Å². The van der Waals surface area contributed by atoms with Crippen LogP contribution in [0.4, 0.5) is 0 Å². The van der Waals surface area contributed by atoms with Crippen LogP contribution < -0.4 is 10.6 Å². The highest BCUT2D eigenvalue weighted by atomic mass is 16.5. The molecule has 0 aromatic heterocycles. The minimum Gasteiger partial charge on any atom is -0.456 e. The Morgan fingerprint density at radius 2 is 1.79 bits per heavy atom. The number of amides is 2. The van der Waals surface area contributed by atoms with Crippen molar-refractivity contribution in [2.45, 2.75) is 44.7 Å². The molecular weight excluding hydrogens is 368 g/mol. The van der Waals surface area contributed by atoms with Crippen molar-refractivity contribution in [1.29, 1.82) is 0 Å². The fourth-order valence-corrected chi connectivity index (χ4v) is 3.54. The molecule has 0 bridgehead atoms. The van der Waals surface area contributed by atoms with Gasteiger partial charge >= 0.3 is 5.97 Å². The molecule has 0 spiro atoms. The third-order valence-electron chi connectivity index (χ3n) is 4.96. The molecule has 2 amide bonds. The maximum atomic E-state index is 12.2. The Morgan fingerprint density at radius 3 is 2.59 bits per heavy atom. The third-order valence-corrected chi connectivity index (χ3v) is 4.96. The van der Waals surface area contributed by atoms with Crippen LogP contribution in [0.25, 0.3) is 0 Å². The summed E-state index contributed by atoms with van der Waals surface area (Å²) >= 11 is 0. The van der Waals surface area contributed by atoms with E-state index in [1.165, 1.54) is 5.56 Å². The number of esters is 1. The van der Waals surface area contributed by atoms with Gasteiger partial charge in [-0.3, -0.25) is 14.4 Å². The van der Waals surface area contributed by atoms with Gasteiger partial charge in [0.05, 0.1) is 12.5 Å². The van der Waals surface area contributed by atoms with E-state index in [-0.39, 0.29) is 30.9 Å². The second-order valence-electron chi connectivity index (χ2n) is 7.32. The minimum absolute atomic E-state index is 0.00187. The van der Waals surface area contributed by atoms with Gasteiger partial charge in [-0.1, -0.05) is 42.5 Å². The Balaban J connectivity index is 1.41. The molecule has 2 unspecified atom stereocenters. The zero-order valence-electron chi connectivity index (χ0n) is 16.5. The summed E-state index contributed by atoms with van der Waals surface area (Å²) in [7, 11) is 0. The standard InChI is InChI=1S/C23H26N2O4/c1-16(24-23(28)18-9-3-2-4-10-18)14-22(27)29-15-21(26)25-20-13-7-11-17-8-5-6-12-19(17)20/h2-6,8-10,12,16,20H,7,11,13-15H2,1H3,(H,24,28)(H,25,26). The van der Waals surface area contributed by atoms with Crippen molar-refractivity contribution in [2.24, 2.45) is 0 Å². The maximum absolute atomic E-state index is 12.2. The third kappa shape index (κ3) is 5.91. The van der Waals surface area contributed by atoms with Gasteiger partial charge in [-0.2, -0.15) is 0 Å². The average Bonchev–Trinajstić information content (AvgIpc) is 2.73. The first kappa shape index (κ1) is 20.6. The van der Waals surface area contributed by atoms with Gasteiger partial charge in [0, 0.05) is 11.6 Å². The van der Waals surface area contributed by atoms with Crippen LogP contribution in [0.2, 0.25) is 0 Å². The number of carbonyl (C=O) groups is 3. The SMILES string of the molecule is CC(CC(=O)OCC(=O)NC1CCCc2ccccc21)NC(=O)c1ccccc1. The van der Waals surface area contributed by atoms with E-state index in [0.29, 0.717) is 5.56 Å². The fraction of sp³-hybridized carbons (Fsp3) is 0.348. The predicted molar refractivity (Wildman–Crippen MR) is 109 cm³/mol. The first-order valence-corrected chi connectivity index (χ1v) is 9.91. The zero-order valence-corrected chi connectivity index (χ0v) is 16.5. The normalized spacial score (nSPS) is 16.2. The molecule has 3 rings (SSSR count). The Morgan fingerprint density at radius 1 is 1.07 bits per heavy atom. The summed E-state index contributed by atoms with van der Waals surface area (Å²) in [6, 6.07) is 16.4. The molecule has 0 aliphatic heterocycles. The van der Waals surface area contributed by atoms with Gasteiger partial charge in [0.25, 0.3) is 11.8 Å². The van der Waals surface area contributed by atoms with E-state index >= 15 is 0 Å². The van der Waals surface area contributed by atoms with Gasteiger partial charge in [-0.05, 0) is 49.4 Å². The van der Waals surface area contributed by atoms with Gasteiger partial charge in [0.2, 0.25) is 0 Å². The second-order valence-corrected chi connectivity index (χ2v) is 7.32. The summed E-state index contributed by atoms with van der Waals surface area (Å²) in [6.07, 6.45) is 2.90. The average molecular weight is 394 g/mol. The molecule has 2 aromatic rings. The lowest BCUT2D eigenvalue weighted by Gasteiger charge is -2.26. The summed E-state index contributed by atoms with van der Waals surface area (Å²) in [6.45, 7) is 1.40. The van der Waals surface area contributed by atoms with E-state index in [9.17, 15) is 14.4 Å². The number of hydrogen-bond donors (Lipinski definition) is 2. The number of aryl methyl sites for hydroxylation is 1. The molecule has 0 saturated carbocycles. The molecule has 152 valence electrons. The number of rotatable bonds is 7. The highest BCUT2D eigenvalue weighted by molar-refractivity contribution is 5.94. The maximum Gasteiger partial charge on any atom is 0.308 e. The number of carbonyl (C=O) groups excluding carboxylic acids is 3. The Labute approximate surface area is 170 Å². The van der Waals surface area contributed by atoms with E-state index in [1.807, 2.05) is 24.3 Å². The molecule has 0 heterocycles. The summed E-state index contributed by atoms with van der Waals surface area (Å²) in [4.78, 5) is 36.3. The van der Waals surface area contributed by atoms with Crippen molar-refractivity contribution >= 4 is 17.8 Å². The number of benzene rings is 2. The molecule has 29 heavy (non-hydrogen) atoms. The van der Waals surface area contributed by atoms with Crippen LogP contribution in [0.3, 0.4) is 0 Å². The van der Waals surface area contributed by atoms with E-state index in [0.717, 1.165) is 24.8 Å². The molecule has 0 fully saturated rings. The monoisotopic (exact) mass is 394 g/mol. The quantitative estimate of drug-likeness (QED) is 0.707. The first-order valence-electron chi connectivity index (χ1n) is 9.91. The minimum atomic E-state index is -0.523. The molecule has 1 aliphatic rings. The number of fused-ring (bicyclic) bond motifs is 1. The molecule has 6 nitrogen and oxygen atoms in total. The number of ether oxygens (including phenoxy) is 1. The first-order chi connectivity index (χ1) is 14.0. The lowest BCUT2D eigenvalue weighted by Crippen LogP contribution is -2.36. The highest BCUT2D eigenvalue weighted by Crippen LogP contribution is 2.29. The van der Waals surface area contributed by atoms with Gasteiger partial charge < -0.3 is 15.4 Å². The van der Waals surface area contributed by atoms with Gasteiger partial charge in [0.1, 0.15) is 0 Å². The van der Waals surface area contributed by atoms with Crippen LogP contribution >= 0.6 is 0 Å². The highest BCUT2D eigenvalue weighted by Gasteiger charge is 2.22. The molecule has 0 saturated heterocycles. The molecule has 2 atom stereocenters. The van der Waals surface area contributed by atoms with Gasteiger partial charge in [-0.15, -0.1) is 0 Å². The summed E-state index contributed by atoms with van der Waals surface area (Å²) in [5.74, 6) is -1.09. The van der Waals surface area contributed by atoms with Crippen molar-refractivity contribution in [3.8, 4) is 0 Å². The Kier molecular flexibility index (Phi) is 7.00. The predicted octanol–water partition coefficient (Wildman–Crippen LogP) is 2.93. The number of nitrogens with one attached hydrogen (secondary N) is 2. The molecule has 2 N–H and O–H groups in total. The fourth-order valence-electron chi connectivity index (χ4n) is 3.54. The van der Waals surface area contributed by atoms with E-state index in [2.05, 4.69) is 16.7 Å². The van der Waals surface area contributed by atoms with Crippen LogP contribution in [0.1, 0.15) is 53.7 Å². The molecule has 6 heteroatoms. The smallest absolute Gasteiger partial charge is 0.308 e. The Hall–Kier alpha value is -3.15. The van der Waals surface area contributed by atoms with Gasteiger partial charge in [-0.25, -0.2) is 0 Å². The van der Waals surface area contributed by atoms with Crippen LogP contribution in [0.5, 0.6) is 0 Å². The van der Waals surface area contributed by atoms with Crippen molar-refractivity contribution in [3.63, 3.8) is 0 Å². The van der Waals surface area contributed by atoms with Crippen LogP contribution in [-0.2, 0) is 20.7 Å². The van der Waals surface area contributed by atoms with E-state index < -0.39 is 12.0 Å². The lowest BCUT2D eigenvalue weighted by atomic mass is 9.88. The number of hydrogen-bond acceptors (Lipinski definition) is 4. The van der Waals surface area contributed by atoms with E-state index in [1.54, 1.807) is 31.2 Å². The largest absolute Gasteiger partial charge is 0.456 e. The molecule has 2 aromatic carbocycles. The molecule has 0 radical (unpaired) electrons. The van der Waals surface area contributed by atoms with Crippen LogP contribution in [0.15, 0.2) is 54.6 Å². The molecular formula is C23H26N2O4. The summed E-state index contributed by atoms with van der Waals surface area (Å²) in [5.41, 5.74) is 2.92. The lowest BCUT2D eigenvalue weighted by molar-refractivity contribution is -0.149. The van der Waals surface area contributed by atoms with Crippen LogP contribution in [-0.4, -0.2) is 30.4 Å². The van der Waals surface area contributed by atoms with Crippen molar-refractivity contribution in [3.05, 3.63) is 71.3 Å². The summed E-state index contributed by atoms with van der Waals surface area (Å²) < 4.78 is 5.09. The summed E-state index contributed by atoms with van der Waals surface area (Å²) in [5, 5.41) is 5.70.